The van der Waals surface area contributed by atoms with E-state index in [1.54, 1.807) is 0 Å². The summed E-state index contributed by atoms with van der Waals surface area (Å²) in [7, 11) is 0. The van der Waals surface area contributed by atoms with Crippen LogP contribution in [0, 0.1) is 5.92 Å². The van der Waals surface area contributed by atoms with Crippen molar-refractivity contribution in [3.8, 4) is 0 Å². The van der Waals surface area contributed by atoms with Crippen molar-refractivity contribution >= 4 is 21.8 Å². The molecule has 0 radical (unpaired) electrons. The maximum atomic E-state index is 12.0. The highest BCUT2D eigenvalue weighted by Crippen LogP contribution is 2.15. The van der Waals surface area contributed by atoms with E-state index in [1.165, 1.54) is 0 Å². The van der Waals surface area contributed by atoms with Crippen LogP contribution in [0.1, 0.15) is 44.1 Å². The first-order valence-corrected chi connectivity index (χ1v) is 7.05. The normalized spacial score (nSPS) is 10.9. The van der Waals surface area contributed by atoms with Crippen molar-refractivity contribution in [1.82, 2.24) is 9.88 Å². The Labute approximate surface area is 112 Å². The standard InChI is InChI=1S/C13H21BrN2O/c1-4-10(5-2)8-15-13(17)12-7-11(14)9-16(12)6-3/h7,9-10H,4-6,8H2,1-3H3,(H,15,17). The quantitative estimate of drug-likeness (QED) is 0.858. The van der Waals surface area contributed by atoms with Gasteiger partial charge in [0.15, 0.2) is 0 Å². The lowest BCUT2D eigenvalue weighted by Crippen LogP contribution is -2.30. The van der Waals surface area contributed by atoms with Gasteiger partial charge in [0, 0.05) is 23.8 Å². The Morgan fingerprint density at radius 3 is 2.59 bits per heavy atom. The number of aromatic nitrogens is 1. The first kappa shape index (κ1) is 14.3. The summed E-state index contributed by atoms with van der Waals surface area (Å²) < 4.78 is 2.90. The molecule has 17 heavy (non-hydrogen) atoms. The third-order valence-corrected chi connectivity index (χ3v) is 3.58. The highest BCUT2D eigenvalue weighted by molar-refractivity contribution is 9.10. The fourth-order valence-corrected chi connectivity index (χ4v) is 2.30. The number of amides is 1. The van der Waals surface area contributed by atoms with Crippen LogP contribution in [0.15, 0.2) is 16.7 Å². The van der Waals surface area contributed by atoms with Crippen molar-refractivity contribution in [3.05, 3.63) is 22.4 Å². The smallest absolute Gasteiger partial charge is 0.267 e. The molecule has 3 nitrogen and oxygen atoms in total. The van der Waals surface area contributed by atoms with Gasteiger partial charge in [0.2, 0.25) is 0 Å². The van der Waals surface area contributed by atoms with E-state index < -0.39 is 0 Å². The van der Waals surface area contributed by atoms with Crippen LogP contribution >= 0.6 is 15.9 Å². The zero-order chi connectivity index (χ0) is 12.8. The molecule has 0 aromatic carbocycles. The summed E-state index contributed by atoms with van der Waals surface area (Å²) >= 11 is 3.40. The molecule has 1 amide bonds. The molecular weight excluding hydrogens is 280 g/mol. The number of hydrogen-bond donors (Lipinski definition) is 1. The van der Waals surface area contributed by atoms with Crippen LogP contribution in [0.5, 0.6) is 0 Å². The van der Waals surface area contributed by atoms with Crippen LogP contribution < -0.4 is 5.32 Å². The summed E-state index contributed by atoms with van der Waals surface area (Å²) in [5.41, 5.74) is 0.727. The Bertz CT molecular complexity index is 369. The molecule has 1 N–H and O–H groups in total. The molecule has 0 fully saturated rings. The van der Waals surface area contributed by atoms with E-state index >= 15 is 0 Å². The largest absolute Gasteiger partial charge is 0.350 e. The number of carbonyl (C=O) groups excluding carboxylic acids is 1. The number of carbonyl (C=O) groups is 1. The van der Waals surface area contributed by atoms with Gasteiger partial charge in [0.1, 0.15) is 5.69 Å². The number of nitrogens with zero attached hydrogens (tertiary/aromatic N) is 1. The molecule has 0 aliphatic rings. The molecule has 0 bridgehead atoms. The van der Waals surface area contributed by atoms with Gasteiger partial charge in [-0.1, -0.05) is 26.7 Å². The van der Waals surface area contributed by atoms with Crippen molar-refractivity contribution in [2.75, 3.05) is 6.54 Å². The average Bonchev–Trinajstić information content (AvgIpc) is 2.71. The zero-order valence-corrected chi connectivity index (χ0v) is 12.4. The summed E-state index contributed by atoms with van der Waals surface area (Å²) in [5.74, 6) is 0.594. The molecule has 0 aliphatic heterocycles. The van der Waals surface area contributed by atoms with Crippen LogP contribution in [-0.4, -0.2) is 17.0 Å². The molecule has 0 aliphatic carbocycles. The lowest BCUT2D eigenvalue weighted by molar-refractivity contribution is 0.0937. The zero-order valence-electron chi connectivity index (χ0n) is 10.8. The molecule has 0 spiro atoms. The van der Waals surface area contributed by atoms with E-state index in [4.69, 9.17) is 0 Å². The van der Waals surface area contributed by atoms with Crippen molar-refractivity contribution in [2.24, 2.45) is 5.92 Å². The monoisotopic (exact) mass is 300 g/mol. The molecular formula is C13H21BrN2O. The minimum absolute atomic E-state index is 0.0180. The third-order valence-electron chi connectivity index (χ3n) is 3.14. The second kappa shape index (κ2) is 6.84. The van der Waals surface area contributed by atoms with E-state index in [9.17, 15) is 4.79 Å². The van der Waals surface area contributed by atoms with Crippen molar-refractivity contribution in [2.45, 2.75) is 40.2 Å². The fourth-order valence-electron chi connectivity index (χ4n) is 1.83. The third kappa shape index (κ3) is 3.87. The minimum Gasteiger partial charge on any atom is -0.350 e. The van der Waals surface area contributed by atoms with Crippen LogP contribution in [0.25, 0.3) is 0 Å². The topological polar surface area (TPSA) is 34.0 Å². The van der Waals surface area contributed by atoms with E-state index in [0.29, 0.717) is 5.92 Å². The predicted octanol–water partition coefficient (Wildman–Crippen LogP) is 3.44. The maximum absolute atomic E-state index is 12.0. The summed E-state index contributed by atoms with van der Waals surface area (Å²) in [6.45, 7) is 7.92. The van der Waals surface area contributed by atoms with Crippen LogP contribution in [-0.2, 0) is 6.54 Å². The fraction of sp³-hybridized carbons (Fsp3) is 0.615. The second-order valence-corrected chi connectivity index (χ2v) is 5.14. The van der Waals surface area contributed by atoms with Gasteiger partial charge in [-0.2, -0.15) is 0 Å². The van der Waals surface area contributed by atoms with Crippen LogP contribution in [0.2, 0.25) is 0 Å². The molecule has 96 valence electrons. The maximum Gasteiger partial charge on any atom is 0.267 e. The number of nitrogens with one attached hydrogen (secondary N) is 1. The Morgan fingerprint density at radius 1 is 1.41 bits per heavy atom. The lowest BCUT2D eigenvalue weighted by atomic mass is 10.0. The van der Waals surface area contributed by atoms with E-state index in [2.05, 4.69) is 35.1 Å². The summed E-state index contributed by atoms with van der Waals surface area (Å²) in [5, 5.41) is 3.01. The van der Waals surface area contributed by atoms with Crippen LogP contribution in [0.4, 0.5) is 0 Å². The molecule has 4 heteroatoms. The lowest BCUT2D eigenvalue weighted by Gasteiger charge is -2.13. The molecule has 1 aromatic rings. The van der Waals surface area contributed by atoms with Gasteiger partial charge in [0.05, 0.1) is 0 Å². The van der Waals surface area contributed by atoms with E-state index in [-0.39, 0.29) is 5.91 Å². The van der Waals surface area contributed by atoms with Gasteiger partial charge >= 0.3 is 0 Å². The van der Waals surface area contributed by atoms with Crippen molar-refractivity contribution < 1.29 is 4.79 Å². The summed E-state index contributed by atoms with van der Waals surface area (Å²) in [4.78, 5) is 12.0. The minimum atomic E-state index is 0.0180. The summed E-state index contributed by atoms with van der Waals surface area (Å²) in [6, 6.07) is 1.87. The predicted molar refractivity (Wildman–Crippen MR) is 74.2 cm³/mol. The van der Waals surface area contributed by atoms with Gasteiger partial charge in [-0.15, -0.1) is 0 Å². The van der Waals surface area contributed by atoms with Crippen LogP contribution in [0.3, 0.4) is 0 Å². The molecule has 1 aromatic heterocycles. The number of halogens is 1. The first-order valence-electron chi connectivity index (χ1n) is 6.26. The summed E-state index contributed by atoms with van der Waals surface area (Å²) in [6.07, 6.45) is 4.15. The Morgan fingerprint density at radius 2 is 2.06 bits per heavy atom. The van der Waals surface area contributed by atoms with E-state index in [1.807, 2.05) is 23.8 Å². The molecule has 0 saturated heterocycles. The number of rotatable bonds is 6. The SMILES string of the molecule is CCC(CC)CNC(=O)c1cc(Br)cn1CC. The highest BCUT2D eigenvalue weighted by atomic mass is 79.9. The van der Waals surface area contributed by atoms with Gasteiger partial charge in [0.25, 0.3) is 5.91 Å². The van der Waals surface area contributed by atoms with Gasteiger partial charge in [-0.3, -0.25) is 4.79 Å². The Kier molecular flexibility index (Phi) is 5.75. The number of hydrogen-bond acceptors (Lipinski definition) is 1. The van der Waals surface area contributed by atoms with Gasteiger partial charge < -0.3 is 9.88 Å². The molecule has 0 unspecified atom stereocenters. The van der Waals surface area contributed by atoms with Crippen molar-refractivity contribution in [3.63, 3.8) is 0 Å². The van der Waals surface area contributed by atoms with Crippen molar-refractivity contribution in [1.29, 1.82) is 0 Å². The molecule has 0 saturated carbocycles. The molecule has 1 rings (SSSR count). The highest BCUT2D eigenvalue weighted by Gasteiger charge is 2.13. The molecule has 1 heterocycles. The number of aryl methyl sites for hydroxylation is 1. The average molecular weight is 301 g/mol. The van der Waals surface area contributed by atoms with Gasteiger partial charge in [-0.05, 0) is 34.8 Å². The van der Waals surface area contributed by atoms with Gasteiger partial charge in [-0.25, -0.2) is 0 Å². The molecule has 0 atom stereocenters. The Balaban J connectivity index is 2.63. The van der Waals surface area contributed by atoms with E-state index in [0.717, 1.165) is 36.1 Å². The second-order valence-electron chi connectivity index (χ2n) is 4.22. The first-order chi connectivity index (χ1) is 8.12. The Hall–Kier alpha value is -0.770.